The lowest BCUT2D eigenvalue weighted by Gasteiger charge is -2.22. The largest absolute Gasteiger partial charge is 0.396 e. The molecule has 1 aromatic heterocycles. The van der Waals surface area contributed by atoms with E-state index >= 15 is 0 Å². The van der Waals surface area contributed by atoms with Gasteiger partial charge in [0.25, 0.3) is 0 Å². The van der Waals surface area contributed by atoms with Crippen LogP contribution in [0.15, 0.2) is 48.7 Å². The summed E-state index contributed by atoms with van der Waals surface area (Å²) in [5.41, 5.74) is 7.33. The number of nitrogens with one attached hydrogen (secondary N) is 1. The molecule has 2 unspecified atom stereocenters. The second-order valence-corrected chi connectivity index (χ2v) is 5.20. The van der Waals surface area contributed by atoms with Crippen molar-refractivity contribution in [3.8, 4) is 0 Å². The number of hydrogen-bond donors (Lipinski definition) is 2. The lowest BCUT2D eigenvalue weighted by Crippen LogP contribution is -2.27. The Morgan fingerprint density at radius 3 is 2.57 bits per heavy atom. The topological polar surface area (TPSA) is 68.0 Å². The summed E-state index contributed by atoms with van der Waals surface area (Å²) in [6.45, 7) is 4.17. The Morgan fingerprint density at radius 1 is 1.24 bits per heavy atom. The maximum Gasteiger partial charge on any atom is 0.233 e. The molecule has 1 amide bonds. The zero-order chi connectivity index (χ0) is 15.2. The summed E-state index contributed by atoms with van der Waals surface area (Å²) in [6.07, 6.45) is 2.54. The molecule has 0 aliphatic carbocycles. The molecule has 0 aliphatic heterocycles. The Morgan fingerprint density at radius 2 is 1.95 bits per heavy atom. The van der Waals surface area contributed by atoms with Crippen molar-refractivity contribution >= 4 is 17.4 Å². The zero-order valence-corrected chi connectivity index (χ0v) is 12.4. The number of hydrogen-bond acceptors (Lipinski definition) is 3. The molecule has 0 saturated carbocycles. The van der Waals surface area contributed by atoms with E-state index in [2.05, 4.69) is 24.1 Å². The van der Waals surface area contributed by atoms with Crippen molar-refractivity contribution in [1.29, 1.82) is 0 Å². The summed E-state index contributed by atoms with van der Waals surface area (Å²) in [5, 5.41) is 2.85. The Kier molecular flexibility index (Phi) is 4.93. The van der Waals surface area contributed by atoms with Gasteiger partial charge in [-0.25, -0.2) is 4.98 Å². The molecule has 0 spiro atoms. The molecule has 2 atom stereocenters. The lowest BCUT2D eigenvalue weighted by atomic mass is 9.85. The van der Waals surface area contributed by atoms with E-state index in [-0.39, 0.29) is 17.7 Å². The van der Waals surface area contributed by atoms with Crippen molar-refractivity contribution in [3.05, 3.63) is 54.2 Å². The molecule has 110 valence electrons. The standard InChI is InChI=1S/C17H21N3O/c1-3-12(2)15(13-8-5-4-6-9-13)17(21)20-16-14(18)10-7-11-19-16/h4-12,15H,3,18H2,1-2H3,(H,19,20,21). The Balaban J connectivity index is 2.25. The Bertz CT molecular complexity index is 598. The number of nitrogen functional groups attached to an aromatic ring is 1. The van der Waals surface area contributed by atoms with Crippen LogP contribution in [-0.4, -0.2) is 10.9 Å². The van der Waals surface area contributed by atoms with Crippen molar-refractivity contribution in [2.75, 3.05) is 11.1 Å². The van der Waals surface area contributed by atoms with Crippen LogP contribution in [0.25, 0.3) is 0 Å². The zero-order valence-electron chi connectivity index (χ0n) is 12.4. The number of pyridine rings is 1. The van der Waals surface area contributed by atoms with Gasteiger partial charge in [0.15, 0.2) is 5.82 Å². The third-order valence-corrected chi connectivity index (χ3v) is 3.73. The van der Waals surface area contributed by atoms with Gasteiger partial charge in [-0.3, -0.25) is 4.79 Å². The van der Waals surface area contributed by atoms with Crippen LogP contribution >= 0.6 is 0 Å². The van der Waals surface area contributed by atoms with Gasteiger partial charge >= 0.3 is 0 Å². The third-order valence-electron chi connectivity index (χ3n) is 3.73. The summed E-state index contributed by atoms with van der Waals surface area (Å²) < 4.78 is 0. The van der Waals surface area contributed by atoms with E-state index in [1.54, 1.807) is 18.3 Å². The number of benzene rings is 1. The lowest BCUT2D eigenvalue weighted by molar-refractivity contribution is -0.118. The summed E-state index contributed by atoms with van der Waals surface area (Å²) in [4.78, 5) is 16.8. The fourth-order valence-electron chi connectivity index (χ4n) is 2.35. The second kappa shape index (κ2) is 6.88. The molecule has 3 N–H and O–H groups in total. The van der Waals surface area contributed by atoms with Gasteiger partial charge in [-0.2, -0.15) is 0 Å². The SMILES string of the molecule is CCC(C)C(C(=O)Nc1ncccc1N)c1ccccc1. The Hall–Kier alpha value is -2.36. The average molecular weight is 283 g/mol. The van der Waals surface area contributed by atoms with Crippen molar-refractivity contribution in [1.82, 2.24) is 4.98 Å². The molecule has 21 heavy (non-hydrogen) atoms. The second-order valence-electron chi connectivity index (χ2n) is 5.20. The fraction of sp³-hybridized carbons (Fsp3) is 0.294. The number of carbonyl (C=O) groups excluding carboxylic acids is 1. The molecule has 0 fully saturated rings. The van der Waals surface area contributed by atoms with Gasteiger partial charge in [0, 0.05) is 6.20 Å². The van der Waals surface area contributed by atoms with E-state index in [4.69, 9.17) is 5.73 Å². The molecule has 0 radical (unpaired) electrons. The van der Waals surface area contributed by atoms with E-state index in [1.807, 2.05) is 30.3 Å². The number of amides is 1. The number of carbonyl (C=O) groups is 1. The molecular formula is C17H21N3O. The molecule has 4 nitrogen and oxygen atoms in total. The van der Waals surface area contributed by atoms with Gasteiger partial charge in [-0.1, -0.05) is 50.6 Å². The van der Waals surface area contributed by atoms with E-state index < -0.39 is 0 Å². The van der Waals surface area contributed by atoms with Crippen LogP contribution in [0.1, 0.15) is 31.7 Å². The van der Waals surface area contributed by atoms with E-state index in [9.17, 15) is 4.79 Å². The molecule has 1 aromatic carbocycles. The highest BCUT2D eigenvalue weighted by Gasteiger charge is 2.26. The molecule has 0 saturated heterocycles. The molecule has 2 rings (SSSR count). The van der Waals surface area contributed by atoms with Crippen LogP contribution in [0.2, 0.25) is 0 Å². The highest BCUT2D eigenvalue weighted by atomic mass is 16.2. The van der Waals surface area contributed by atoms with Gasteiger partial charge < -0.3 is 11.1 Å². The fourth-order valence-corrected chi connectivity index (χ4v) is 2.35. The minimum Gasteiger partial charge on any atom is -0.396 e. The van der Waals surface area contributed by atoms with E-state index in [0.29, 0.717) is 11.5 Å². The summed E-state index contributed by atoms with van der Waals surface area (Å²) in [7, 11) is 0. The third kappa shape index (κ3) is 3.60. The number of nitrogens with zero attached hydrogens (tertiary/aromatic N) is 1. The maximum absolute atomic E-state index is 12.7. The number of aromatic nitrogens is 1. The highest BCUT2D eigenvalue weighted by molar-refractivity contribution is 5.97. The minimum atomic E-state index is -0.211. The molecule has 0 bridgehead atoms. The predicted molar refractivity (Wildman–Crippen MR) is 85.9 cm³/mol. The molecule has 1 heterocycles. The van der Waals surface area contributed by atoms with Crippen molar-refractivity contribution in [2.24, 2.45) is 5.92 Å². The van der Waals surface area contributed by atoms with E-state index in [1.165, 1.54) is 0 Å². The molecule has 0 aliphatic rings. The first-order chi connectivity index (χ1) is 10.1. The van der Waals surface area contributed by atoms with Crippen molar-refractivity contribution in [2.45, 2.75) is 26.2 Å². The molecule has 2 aromatic rings. The summed E-state index contributed by atoms with van der Waals surface area (Å²) in [6, 6.07) is 13.3. The van der Waals surface area contributed by atoms with Crippen LogP contribution < -0.4 is 11.1 Å². The van der Waals surface area contributed by atoms with Gasteiger partial charge in [-0.05, 0) is 23.6 Å². The van der Waals surface area contributed by atoms with Crippen LogP contribution in [0.5, 0.6) is 0 Å². The summed E-state index contributed by atoms with van der Waals surface area (Å²) in [5.74, 6) is 0.377. The minimum absolute atomic E-state index is 0.0686. The van der Waals surface area contributed by atoms with Crippen LogP contribution in [0.3, 0.4) is 0 Å². The molecular weight excluding hydrogens is 262 g/mol. The van der Waals surface area contributed by atoms with Gasteiger partial charge in [0.2, 0.25) is 5.91 Å². The maximum atomic E-state index is 12.7. The average Bonchev–Trinajstić information content (AvgIpc) is 2.50. The Labute approximate surface area is 125 Å². The number of anilines is 2. The smallest absolute Gasteiger partial charge is 0.233 e. The van der Waals surface area contributed by atoms with Crippen molar-refractivity contribution < 1.29 is 4.79 Å². The quantitative estimate of drug-likeness (QED) is 0.883. The van der Waals surface area contributed by atoms with Crippen molar-refractivity contribution in [3.63, 3.8) is 0 Å². The summed E-state index contributed by atoms with van der Waals surface area (Å²) >= 11 is 0. The first-order valence-corrected chi connectivity index (χ1v) is 7.19. The first kappa shape index (κ1) is 15.0. The van der Waals surface area contributed by atoms with E-state index in [0.717, 1.165) is 12.0 Å². The number of rotatable bonds is 5. The van der Waals surface area contributed by atoms with Crippen LogP contribution in [0.4, 0.5) is 11.5 Å². The normalized spacial score (nSPS) is 13.4. The van der Waals surface area contributed by atoms with Gasteiger partial charge in [-0.15, -0.1) is 0 Å². The first-order valence-electron chi connectivity index (χ1n) is 7.19. The molecule has 4 heteroatoms. The van der Waals surface area contributed by atoms with Gasteiger partial charge in [0.05, 0.1) is 11.6 Å². The van der Waals surface area contributed by atoms with Crippen LogP contribution in [-0.2, 0) is 4.79 Å². The predicted octanol–water partition coefficient (Wildman–Crippen LogP) is 3.43. The van der Waals surface area contributed by atoms with Crippen LogP contribution in [0, 0.1) is 5.92 Å². The monoisotopic (exact) mass is 283 g/mol. The highest BCUT2D eigenvalue weighted by Crippen LogP contribution is 2.28. The number of nitrogens with two attached hydrogens (primary N) is 1. The van der Waals surface area contributed by atoms with Gasteiger partial charge in [0.1, 0.15) is 0 Å².